The summed E-state index contributed by atoms with van der Waals surface area (Å²) in [6, 6.07) is 0.754. The van der Waals surface area contributed by atoms with Gasteiger partial charge in [-0.2, -0.15) is 0 Å². The highest BCUT2D eigenvalue weighted by Gasteiger charge is 2.14. The van der Waals surface area contributed by atoms with Gasteiger partial charge in [0, 0.05) is 6.04 Å². The van der Waals surface area contributed by atoms with Gasteiger partial charge in [0.25, 0.3) is 0 Å². The van der Waals surface area contributed by atoms with Crippen LogP contribution in [-0.4, -0.2) is 12.6 Å². The third-order valence-corrected chi connectivity index (χ3v) is 4.77. The monoisotopic (exact) mass is 297 g/mol. The predicted octanol–water partition coefficient (Wildman–Crippen LogP) is 6.71. The topological polar surface area (TPSA) is 12.0 Å². The van der Waals surface area contributed by atoms with Gasteiger partial charge in [0.2, 0.25) is 0 Å². The van der Waals surface area contributed by atoms with Crippen molar-refractivity contribution in [2.24, 2.45) is 5.92 Å². The van der Waals surface area contributed by atoms with Crippen molar-refractivity contribution >= 4 is 0 Å². The standard InChI is InChI=1S/C20H43N/c1-5-8-9-10-11-12-13-14-15-16-18-20(21-7-3)19(4)17-6-2/h19-21H,5-18H2,1-4H3. The summed E-state index contributed by atoms with van der Waals surface area (Å²) < 4.78 is 0. The van der Waals surface area contributed by atoms with Gasteiger partial charge in [-0.1, -0.05) is 98.3 Å². The maximum absolute atomic E-state index is 3.70. The van der Waals surface area contributed by atoms with Crippen molar-refractivity contribution in [2.45, 2.75) is 117 Å². The Balaban J connectivity index is 3.45. The van der Waals surface area contributed by atoms with Gasteiger partial charge in [-0.25, -0.2) is 0 Å². The Labute approximate surface area is 135 Å². The third-order valence-electron chi connectivity index (χ3n) is 4.77. The largest absolute Gasteiger partial charge is 0.314 e. The molecule has 0 aliphatic carbocycles. The number of unbranched alkanes of at least 4 members (excludes halogenated alkanes) is 9. The zero-order valence-electron chi connectivity index (χ0n) is 15.6. The van der Waals surface area contributed by atoms with Crippen molar-refractivity contribution in [1.29, 1.82) is 0 Å². The van der Waals surface area contributed by atoms with Crippen molar-refractivity contribution < 1.29 is 0 Å². The SMILES string of the molecule is CCCCCCCCCCCCC(NCC)C(C)CCC. The molecule has 0 amide bonds. The molecule has 0 heterocycles. The van der Waals surface area contributed by atoms with Crippen LogP contribution in [0.15, 0.2) is 0 Å². The summed E-state index contributed by atoms with van der Waals surface area (Å²) in [6.07, 6.45) is 18.5. The average Bonchev–Trinajstić information content (AvgIpc) is 2.48. The molecular formula is C20H43N. The van der Waals surface area contributed by atoms with E-state index in [1.54, 1.807) is 0 Å². The minimum atomic E-state index is 0.754. The van der Waals surface area contributed by atoms with Gasteiger partial charge in [0.15, 0.2) is 0 Å². The van der Waals surface area contributed by atoms with E-state index in [-0.39, 0.29) is 0 Å². The molecular weight excluding hydrogens is 254 g/mol. The molecule has 1 N–H and O–H groups in total. The first-order valence-corrected chi connectivity index (χ1v) is 9.99. The molecule has 0 aromatic heterocycles. The first-order chi connectivity index (χ1) is 10.3. The fourth-order valence-corrected chi connectivity index (χ4v) is 3.36. The predicted molar refractivity (Wildman–Crippen MR) is 98.0 cm³/mol. The van der Waals surface area contributed by atoms with E-state index in [0.717, 1.165) is 18.5 Å². The molecule has 2 unspecified atom stereocenters. The minimum absolute atomic E-state index is 0.754. The van der Waals surface area contributed by atoms with Gasteiger partial charge in [0.05, 0.1) is 0 Å². The Hall–Kier alpha value is -0.0400. The zero-order valence-corrected chi connectivity index (χ0v) is 15.6. The molecule has 0 radical (unpaired) electrons. The highest BCUT2D eigenvalue weighted by Crippen LogP contribution is 2.17. The molecule has 1 nitrogen and oxygen atoms in total. The summed E-state index contributed by atoms with van der Waals surface area (Å²) in [5, 5.41) is 3.70. The van der Waals surface area contributed by atoms with Crippen molar-refractivity contribution in [3.05, 3.63) is 0 Å². The fraction of sp³-hybridized carbons (Fsp3) is 1.00. The molecule has 0 fully saturated rings. The summed E-state index contributed by atoms with van der Waals surface area (Å²) in [5.41, 5.74) is 0. The zero-order chi connectivity index (χ0) is 15.8. The minimum Gasteiger partial charge on any atom is -0.314 e. The molecule has 0 aliphatic rings. The first kappa shape index (κ1) is 21.0. The van der Waals surface area contributed by atoms with Crippen LogP contribution >= 0.6 is 0 Å². The highest BCUT2D eigenvalue weighted by atomic mass is 14.9. The van der Waals surface area contributed by atoms with Gasteiger partial charge in [-0.05, 0) is 25.3 Å². The van der Waals surface area contributed by atoms with Crippen LogP contribution in [0.2, 0.25) is 0 Å². The molecule has 0 bridgehead atoms. The first-order valence-electron chi connectivity index (χ1n) is 9.99. The van der Waals surface area contributed by atoms with Gasteiger partial charge >= 0.3 is 0 Å². The number of rotatable bonds is 16. The third kappa shape index (κ3) is 13.4. The van der Waals surface area contributed by atoms with Crippen LogP contribution in [0.3, 0.4) is 0 Å². The van der Waals surface area contributed by atoms with E-state index in [2.05, 4.69) is 33.0 Å². The van der Waals surface area contributed by atoms with Crippen LogP contribution in [-0.2, 0) is 0 Å². The summed E-state index contributed by atoms with van der Waals surface area (Å²) in [7, 11) is 0. The second-order valence-electron chi connectivity index (χ2n) is 6.90. The molecule has 0 saturated carbocycles. The van der Waals surface area contributed by atoms with Crippen LogP contribution in [0.1, 0.15) is 111 Å². The quantitative estimate of drug-likeness (QED) is 0.312. The van der Waals surface area contributed by atoms with E-state index in [1.807, 2.05) is 0 Å². The van der Waals surface area contributed by atoms with Crippen molar-refractivity contribution in [3.63, 3.8) is 0 Å². The molecule has 0 spiro atoms. The molecule has 128 valence electrons. The highest BCUT2D eigenvalue weighted by molar-refractivity contribution is 4.72. The lowest BCUT2D eigenvalue weighted by atomic mass is 9.92. The second-order valence-corrected chi connectivity index (χ2v) is 6.90. The summed E-state index contributed by atoms with van der Waals surface area (Å²) in [5.74, 6) is 0.841. The lowest BCUT2D eigenvalue weighted by Crippen LogP contribution is -2.34. The molecule has 0 aromatic rings. The van der Waals surface area contributed by atoms with Crippen molar-refractivity contribution in [1.82, 2.24) is 5.32 Å². The number of nitrogens with one attached hydrogen (secondary N) is 1. The second kappa shape index (κ2) is 16.3. The van der Waals surface area contributed by atoms with Crippen LogP contribution in [0.5, 0.6) is 0 Å². The molecule has 0 aliphatic heterocycles. The Bertz CT molecular complexity index is 190. The molecule has 0 aromatic carbocycles. The fourth-order valence-electron chi connectivity index (χ4n) is 3.36. The van der Waals surface area contributed by atoms with Crippen molar-refractivity contribution in [3.8, 4) is 0 Å². The van der Waals surface area contributed by atoms with Gasteiger partial charge < -0.3 is 5.32 Å². The molecule has 2 atom stereocenters. The maximum atomic E-state index is 3.70. The van der Waals surface area contributed by atoms with Crippen LogP contribution < -0.4 is 5.32 Å². The normalized spacial score (nSPS) is 14.3. The number of hydrogen-bond donors (Lipinski definition) is 1. The molecule has 21 heavy (non-hydrogen) atoms. The average molecular weight is 298 g/mol. The van der Waals surface area contributed by atoms with Crippen LogP contribution in [0.25, 0.3) is 0 Å². The Morgan fingerprint density at radius 3 is 1.62 bits per heavy atom. The molecule has 0 rings (SSSR count). The Kier molecular flexibility index (Phi) is 16.3. The smallest absolute Gasteiger partial charge is 0.00925 e. The van der Waals surface area contributed by atoms with Gasteiger partial charge in [0.1, 0.15) is 0 Å². The summed E-state index contributed by atoms with van der Waals surface area (Å²) >= 11 is 0. The summed E-state index contributed by atoms with van der Waals surface area (Å²) in [4.78, 5) is 0. The lowest BCUT2D eigenvalue weighted by molar-refractivity contribution is 0.332. The Morgan fingerprint density at radius 1 is 0.619 bits per heavy atom. The van der Waals surface area contributed by atoms with E-state index in [4.69, 9.17) is 0 Å². The Morgan fingerprint density at radius 2 is 1.14 bits per heavy atom. The lowest BCUT2D eigenvalue weighted by Gasteiger charge is -2.24. The van der Waals surface area contributed by atoms with Gasteiger partial charge in [-0.3, -0.25) is 0 Å². The van der Waals surface area contributed by atoms with E-state index < -0.39 is 0 Å². The van der Waals surface area contributed by atoms with E-state index in [0.29, 0.717) is 0 Å². The van der Waals surface area contributed by atoms with Gasteiger partial charge in [-0.15, -0.1) is 0 Å². The van der Waals surface area contributed by atoms with Crippen LogP contribution in [0.4, 0.5) is 0 Å². The van der Waals surface area contributed by atoms with E-state index >= 15 is 0 Å². The summed E-state index contributed by atoms with van der Waals surface area (Å²) in [6.45, 7) is 10.4. The van der Waals surface area contributed by atoms with E-state index in [9.17, 15) is 0 Å². The van der Waals surface area contributed by atoms with Crippen LogP contribution in [0, 0.1) is 5.92 Å². The van der Waals surface area contributed by atoms with Crippen molar-refractivity contribution in [2.75, 3.05) is 6.54 Å². The molecule has 0 saturated heterocycles. The maximum Gasteiger partial charge on any atom is 0.00925 e. The van der Waals surface area contributed by atoms with E-state index in [1.165, 1.54) is 83.5 Å². The molecule has 1 heteroatoms. The number of hydrogen-bond acceptors (Lipinski definition) is 1.